The largest absolute Gasteiger partial charge is 0.491 e. The first-order valence-corrected chi connectivity index (χ1v) is 11.5. The van der Waals surface area contributed by atoms with Crippen LogP contribution in [0.4, 0.5) is 0 Å². The molecule has 0 aliphatic carbocycles. The van der Waals surface area contributed by atoms with Gasteiger partial charge in [-0.3, -0.25) is 4.79 Å². The third kappa shape index (κ3) is 5.38. The lowest BCUT2D eigenvalue weighted by atomic mass is 10.2. The maximum Gasteiger partial charge on any atom is 0.258 e. The zero-order chi connectivity index (χ0) is 21.7. The van der Waals surface area contributed by atoms with Crippen LogP contribution in [0.5, 0.6) is 5.75 Å². The van der Waals surface area contributed by atoms with Gasteiger partial charge in [-0.2, -0.15) is 9.41 Å². The Morgan fingerprint density at radius 1 is 1.20 bits per heavy atom. The van der Waals surface area contributed by atoms with Crippen LogP contribution in [0.25, 0.3) is 0 Å². The summed E-state index contributed by atoms with van der Waals surface area (Å²) in [4.78, 5) is 12.7. The van der Waals surface area contributed by atoms with E-state index in [2.05, 4.69) is 10.5 Å². The fourth-order valence-corrected chi connectivity index (χ4v) is 4.96. The van der Waals surface area contributed by atoms with Crippen molar-refractivity contribution in [3.05, 3.63) is 59.1 Å². The molecule has 3 rings (SSSR count). The number of hydrazone groups is 1. The molecule has 1 atom stereocenters. The molecule has 0 unspecified atom stereocenters. The van der Waals surface area contributed by atoms with E-state index in [-0.39, 0.29) is 17.5 Å². The molecule has 0 aromatic heterocycles. The van der Waals surface area contributed by atoms with Crippen LogP contribution in [0.2, 0.25) is 5.02 Å². The van der Waals surface area contributed by atoms with Gasteiger partial charge in [0.1, 0.15) is 11.8 Å². The van der Waals surface area contributed by atoms with Crippen LogP contribution in [0.3, 0.4) is 0 Å². The van der Waals surface area contributed by atoms with Gasteiger partial charge in [0.15, 0.2) is 0 Å². The summed E-state index contributed by atoms with van der Waals surface area (Å²) in [5.74, 6) is 0.293. The third-order valence-corrected chi connectivity index (χ3v) is 6.74. The van der Waals surface area contributed by atoms with Gasteiger partial charge >= 0.3 is 0 Å². The summed E-state index contributed by atoms with van der Waals surface area (Å²) >= 11 is 5.84. The van der Waals surface area contributed by atoms with Crippen molar-refractivity contribution in [1.29, 1.82) is 0 Å². The van der Waals surface area contributed by atoms with Crippen LogP contribution < -0.4 is 10.2 Å². The first kappa shape index (κ1) is 22.3. The van der Waals surface area contributed by atoms with Gasteiger partial charge in [0.05, 0.1) is 17.2 Å². The molecule has 1 fully saturated rings. The summed E-state index contributed by atoms with van der Waals surface area (Å²) in [6.45, 7) is 4.18. The molecule has 7 nitrogen and oxygen atoms in total. The van der Waals surface area contributed by atoms with Crippen molar-refractivity contribution in [2.45, 2.75) is 43.7 Å². The number of rotatable bonds is 7. The van der Waals surface area contributed by atoms with Crippen LogP contribution in [-0.2, 0) is 14.8 Å². The van der Waals surface area contributed by atoms with Crippen LogP contribution in [0, 0.1) is 0 Å². The van der Waals surface area contributed by atoms with E-state index in [1.165, 1.54) is 34.8 Å². The molecule has 1 heterocycles. The van der Waals surface area contributed by atoms with Crippen molar-refractivity contribution >= 4 is 33.7 Å². The Bertz CT molecular complexity index is 1010. The van der Waals surface area contributed by atoms with E-state index in [0.29, 0.717) is 17.9 Å². The van der Waals surface area contributed by atoms with Crippen molar-refractivity contribution in [2.24, 2.45) is 5.10 Å². The molecule has 0 spiro atoms. The van der Waals surface area contributed by atoms with Gasteiger partial charge in [0.2, 0.25) is 10.0 Å². The number of nitrogens with one attached hydrogen (secondary N) is 1. The summed E-state index contributed by atoms with van der Waals surface area (Å²) < 4.78 is 32.6. The van der Waals surface area contributed by atoms with Gasteiger partial charge in [-0.15, -0.1) is 0 Å². The zero-order valence-corrected chi connectivity index (χ0v) is 18.4. The van der Waals surface area contributed by atoms with Gasteiger partial charge in [-0.25, -0.2) is 13.8 Å². The van der Waals surface area contributed by atoms with Crippen LogP contribution in [0.15, 0.2) is 58.5 Å². The summed E-state index contributed by atoms with van der Waals surface area (Å²) in [6.07, 6.45) is 2.63. The highest BCUT2D eigenvalue weighted by atomic mass is 35.5. The SMILES string of the molecule is CC(C)Oc1ccc(/C=N\NC(=O)[C@@H]2CCCN2S(=O)(=O)c2ccc(Cl)cc2)cc1. The Kier molecular flexibility index (Phi) is 7.12. The molecule has 1 N–H and O–H groups in total. The number of hydrogen-bond acceptors (Lipinski definition) is 5. The molecule has 2 aromatic carbocycles. The van der Waals surface area contributed by atoms with Crippen molar-refractivity contribution in [2.75, 3.05) is 6.54 Å². The van der Waals surface area contributed by atoms with Crippen LogP contribution >= 0.6 is 11.6 Å². The Balaban J connectivity index is 1.64. The quantitative estimate of drug-likeness (QED) is 0.518. The molecule has 0 bridgehead atoms. The summed E-state index contributed by atoms with van der Waals surface area (Å²) in [5, 5.41) is 4.42. The number of nitrogens with zero attached hydrogens (tertiary/aromatic N) is 2. The van der Waals surface area contributed by atoms with Gasteiger partial charge < -0.3 is 4.74 Å². The number of benzene rings is 2. The highest BCUT2D eigenvalue weighted by molar-refractivity contribution is 7.89. The minimum atomic E-state index is -3.79. The molecular formula is C21H24ClN3O4S. The van der Waals surface area contributed by atoms with Crippen LogP contribution in [0.1, 0.15) is 32.3 Å². The molecule has 1 aliphatic heterocycles. The molecular weight excluding hydrogens is 426 g/mol. The lowest BCUT2D eigenvalue weighted by molar-refractivity contribution is -0.124. The molecule has 30 heavy (non-hydrogen) atoms. The molecule has 160 valence electrons. The fraction of sp³-hybridized carbons (Fsp3) is 0.333. The number of sulfonamides is 1. The number of amides is 1. The van der Waals surface area contributed by atoms with Crippen LogP contribution in [-0.4, -0.2) is 43.5 Å². The van der Waals surface area contributed by atoms with E-state index in [4.69, 9.17) is 16.3 Å². The number of carbonyl (C=O) groups is 1. The monoisotopic (exact) mass is 449 g/mol. The summed E-state index contributed by atoms with van der Waals surface area (Å²) in [6, 6.07) is 12.4. The third-order valence-electron chi connectivity index (χ3n) is 4.57. The number of ether oxygens (including phenoxy) is 1. The van der Waals surface area contributed by atoms with Crippen molar-refractivity contribution < 1.29 is 17.9 Å². The second-order valence-corrected chi connectivity index (χ2v) is 9.52. The highest BCUT2D eigenvalue weighted by Crippen LogP contribution is 2.27. The second kappa shape index (κ2) is 9.59. The minimum absolute atomic E-state index is 0.0855. The molecule has 2 aromatic rings. The highest BCUT2D eigenvalue weighted by Gasteiger charge is 2.39. The van der Waals surface area contributed by atoms with Crippen molar-refractivity contribution in [3.63, 3.8) is 0 Å². The normalized spacial score (nSPS) is 17.5. The van der Waals surface area contributed by atoms with Gasteiger partial charge in [0.25, 0.3) is 5.91 Å². The van der Waals surface area contributed by atoms with Gasteiger partial charge in [-0.05, 0) is 80.8 Å². The maximum absolute atomic E-state index is 12.9. The second-order valence-electron chi connectivity index (χ2n) is 7.20. The topological polar surface area (TPSA) is 88.1 Å². The van der Waals surface area contributed by atoms with Crippen molar-refractivity contribution in [1.82, 2.24) is 9.73 Å². The Labute approximate surface area is 181 Å². The number of halogens is 1. The minimum Gasteiger partial charge on any atom is -0.491 e. The standard InChI is InChI=1S/C21H24ClN3O4S/c1-15(2)29-18-9-5-16(6-10-18)14-23-24-21(26)20-4-3-13-25(20)30(27,28)19-11-7-17(22)8-12-19/h5-12,14-15,20H,3-4,13H2,1-2H3,(H,24,26)/b23-14-/t20-/m0/s1. The van der Waals surface area contributed by atoms with Gasteiger partial charge in [0, 0.05) is 11.6 Å². The van der Waals surface area contributed by atoms with E-state index in [0.717, 1.165) is 11.3 Å². The first-order valence-electron chi connectivity index (χ1n) is 9.64. The average Bonchev–Trinajstić information content (AvgIpc) is 3.20. The molecule has 1 saturated heterocycles. The molecule has 9 heteroatoms. The van der Waals surface area contributed by atoms with E-state index in [1.54, 1.807) is 0 Å². The van der Waals surface area contributed by atoms with E-state index < -0.39 is 22.0 Å². The smallest absolute Gasteiger partial charge is 0.258 e. The number of hydrogen-bond donors (Lipinski definition) is 1. The van der Waals surface area contributed by atoms with E-state index >= 15 is 0 Å². The zero-order valence-electron chi connectivity index (χ0n) is 16.8. The van der Waals surface area contributed by atoms with Gasteiger partial charge in [-0.1, -0.05) is 11.6 Å². The molecule has 0 saturated carbocycles. The molecule has 1 aliphatic rings. The summed E-state index contributed by atoms with van der Waals surface area (Å²) in [5.41, 5.74) is 3.24. The Morgan fingerprint density at radius 2 is 1.87 bits per heavy atom. The number of carbonyl (C=O) groups excluding carboxylic acids is 1. The Morgan fingerprint density at radius 3 is 2.50 bits per heavy atom. The lowest BCUT2D eigenvalue weighted by Gasteiger charge is -2.22. The first-order chi connectivity index (χ1) is 14.3. The average molecular weight is 450 g/mol. The lowest BCUT2D eigenvalue weighted by Crippen LogP contribution is -2.44. The predicted octanol–water partition coefficient (Wildman–Crippen LogP) is 3.43. The van der Waals surface area contributed by atoms with Crippen molar-refractivity contribution in [3.8, 4) is 5.75 Å². The van der Waals surface area contributed by atoms with E-state index in [9.17, 15) is 13.2 Å². The fourth-order valence-electron chi connectivity index (χ4n) is 3.18. The van der Waals surface area contributed by atoms with E-state index in [1.807, 2.05) is 38.1 Å². The summed E-state index contributed by atoms with van der Waals surface area (Å²) in [7, 11) is -3.79. The Hall–Kier alpha value is -2.42. The molecule has 0 radical (unpaired) electrons. The predicted molar refractivity (Wildman–Crippen MR) is 116 cm³/mol. The maximum atomic E-state index is 12.9. The molecule has 1 amide bonds.